The van der Waals surface area contributed by atoms with E-state index in [9.17, 15) is 9.59 Å². The van der Waals surface area contributed by atoms with Crippen molar-refractivity contribution in [2.75, 3.05) is 13.2 Å². The molecule has 6 nitrogen and oxygen atoms in total. The summed E-state index contributed by atoms with van der Waals surface area (Å²) in [6, 6.07) is 10.2. The highest BCUT2D eigenvalue weighted by atomic mass is 16.5. The van der Waals surface area contributed by atoms with Gasteiger partial charge in [-0.15, -0.1) is 0 Å². The zero-order valence-electron chi connectivity index (χ0n) is 18.4. The third kappa shape index (κ3) is 3.75. The van der Waals surface area contributed by atoms with E-state index >= 15 is 0 Å². The lowest BCUT2D eigenvalue weighted by molar-refractivity contribution is -0.134. The van der Waals surface area contributed by atoms with Gasteiger partial charge in [-0.05, 0) is 44.7 Å². The molecule has 0 bridgehead atoms. The van der Waals surface area contributed by atoms with Crippen molar-refractivity contribution in [1.29, 1.82) is 0 Å². The highest BCUT2D eigenvalue weighted by Crippen LogP contribution is 2.34. The van der Waals surface area contributed by atoms with Crippen LogP contribution in [0.1, 0.15) is 68.8 Å². The molecule has 2 aliphatic heterocycles. The average Bonchev–Trinajstić information content (AvgIpc) is 3.33. The molecule has 1 saturated heterocycles. The molecule has 1 aromatic heterocycles. The molecule has 1 aliphatic carbocycles. The zero-order valence-corrected chi connectivity index (χ0v) is 18.4. The molecule has 1 saturated carbocycles. The third-order valence-corrected chi connectivity index (χ3v) is 7.43. The monoisotopic (exact) mass is 423 g/mol. The number of ether oxygens (including phenoxy) is 1. The Morgan fingerprint density at radius 2 is 1.90 bits per heavy atom. The number of carbonyl (C=O) groups is 2. The molecule has 31 heavy (non-hydrogen) atoms. The number of nitrogens with one attached hydrogen (secondary N) is 1. The zero-order chi connectivity index (χ0) is 21.4. The van der Waals surface area contributed by atoms with Crippen molar-refractivity contribution in [2.24, 2.45) is 0 Å². The van der Waals surface area contributed by atoms with Crippen molar-refractivity contribution >= 4 is 22.7 Å². The standard InChI is InChI=1S/C25H33N3O3/c1-25(24(30)26-19-10-4-2-3-5-11-19)17-27-21-13-7-6-9-18(21)15-22(27)23(29)28(25)16-20-12-8-14-31-20/h6-7,9,13,15,19-20H,2-5,8,10-12,14,16-17H2,1H3,(H,26,30). The van der Waals surface area contributed by atoms with E-state index in [1.165, 1.54) is 12.8 Å². The second kappa shape index (κ2) is 8.30. The van der Waals surface area contributed by atoms with Crippen LogP contribution in [0.4, 0.5) is 0 Å². The molecule has 6 heteroatoms. The van der Waals surface area contributed by atoms with Crippen LogP contribution in [0.2, 0.25) is 0 Å². The predicted molar refractivity (Wildman–Crippen MR) is 120 cm³/mol. The molecule has 5 rings (SSSR count). The number of rotatable bonds is 4. The lowest BCUT2D eigenvalue weighted by atomic mass is 9.93. The van der Waals surface area contributed by atoms with Gasteiger partial charge >= 0.3 is 0 Å². The maximum atomic E-state index is 13.7. The van der Waals surface area contributed by atoms with Gasteiger partial charge in [-0.2, -0.15) is 0 Å². The number of para-hydroxylation sites is 1. The molecule has 2 amide bonds. The lowest BCUT2D eigenvalue weighted by Crippen LogP contribution is -2.66. The summed E-state index contributed by atoms with van der Waals surface area (Å²) in [6.45, 7) is 3.60. The van der Waals surface area contributed by atoms with Gasteiger partial charge in [0.1, 0.15) is 11.2 Å². The number of carbonyl (C=O) groups excluding carboxylic acids is 2. The van der Waals surface area contributed by atoms with Gasteiger partial charge < -0.3 is 19.5 Å². The van der Waals surface area contributed by atoms with E-state index < -0.39 is 5.54 Å². The van der Waals surface area contributed by atoms with Gasteiger partial charge in [-0.1, -0.05) is 43.9 Å². The molecule has 1 aromatic carbocycles. The van der Waals surface area contributed by atoms with Crippen LogP contribution in [-0.2, 0) is 16.1 Å². The maximum Gasteiger partial charge on any atom is 0.271 e. The number of hydrogen-bond acceptors (Lipinski definition) is 3. The number of aromatic nitrogens is 1. The average molecular weight is 424 g/mol. The van der Waals surface area contributed by atoms with E-state index in [1.54, 1.807) is 4.90 Å². The smallest absolute Gasteiger partial charge is 0.271 e. The lowest BCUT2D eigenvalue weighted by Gasteiger charge is -2.45. The Labute approximate surface area is 183 Å². The molecule has 1 N–H and O–H groups in total. The number of hydrogen-bond donors (Lipinski definition) is 1. The third-order valence-electron chi connectivity index (χ3n) is 7.43. The molecule has 2 aromatic rings. The van der Waals surface area contributed by atoms with E-state index in [-0.39, 0.29) is 24.0 Å². The van der Waals surface area contributed by atoms with Crippen molar-refractivity contribution in [1.82, 2.24) is 14.8 Å². The van der Waals surface area contributed by atoms with Crippen LogP contribution in [0.25, 0.3) is 10.9 Å². The summed E-state index contributed by atoms with van der Waals surface area (Å²) in [4.78, 5) is 29.2. The molecule has 3 aliphatic rings. The number of fused-ring (bicyclic) bond motifs is 3. The summed E-state index contributed by atoms with van der Waals surface area (Å²) in [7, 11) is 0. The van der Waals surface area contributed by atoms with Gasteiger partial charge in [-0.25, -0.2) is 0 Å². The highest BCUT2D eigenvalue weighted by Gasteiger charge is 2.49. The van der Waals surface area contributed by atoms with Gasteiger partial charge in [0, 0.05) is 30.1 Å². The summed E-state index contributed by atoms with van der Waals surface area (Å²) in [5.41, 5.74) is 0.736. The molecule has 2 fully saturated rings. The summed E-state index contributed by atoms with van der Waals surface area (Å²) < 4.78 is 7.90. The first-order chi connectivity index (χ1) is 15.1. The fourth-order valence-corrected chi connectivity index (χ4v) is 5.55. The maximum absolute atomic E-state index is 13.7. The Kier molecular flexibility index (Phi) is 5.51. The van der Waals surface area contributed by atoms with Gasteiger partial charge in [0.2, 0.25) is 5.91 Å². The van der Waals surface area contributed by atoms with Crippen LogP contribution in [-0.4, -0.2) is 52.1 Å². The predicted octanol–water partition coefficient (Wildman–Crippen LogP) is 3.87. The molecule has 2 unspecified atom stereocenters. The molecular weight excluding hydrogens is 390 g/mol. The van der Waals surface area contributed by atoms with Crippen molar-refractivity contribution in [2.45, 2.75) is 82.5 Å². The van der Waals surface area contributed by atoms with Crippen molar-refractivity contribution in [3.8, 4) is 0 Å². The van der Waals surface area contributed by atoms with Crippen LogP contribution in [0.5, 0.6) is 0 Å². The van der Waals surface area contributed by atoms with Crippen molar-refractivity contribution in [3.05, 3.63) is 36.0 Å². The van der Waals surface area contributed by atoms with Crippen LogP contribution < -0.4 is 5.32 Å². The van der Waals surface area contributed by atoms with Crippen LogP contribution in [0.15, 0.2) is 30.3 Å². The molecule has 0 radical (unpaired) electrons. The van der Waals surface area contributed by atoms with Crippen LogP contribution in [0, 0.1) is 0 Å². The van der Waals surface area contributed by atoms with Crippen LogP contribution in [0.3, 0.4) is 0 Å². The van der Waals surface area contributed by atoms with Crippen molar-refractivity contribution in [3.63, 3.8) is 0 Å². The number of nitrogens with zero attached hydrogens (tertiary/aromatic N) is 2. The number of amides is 2. The Hall–Kier alpha value is -2.34. The minimum absolute atomic E-state index is 0.00452. The first-order valence-corrected chi connectivity index (χ1v) is 11.9. The molecule has 0 spiro atoms. The van der Waals surface area contributed by atoms with Crippen molar-refractivity contribution < 1.29 is 14.3 Å². The van der Waals surface area contributed by atoms with E-state index in [0.717, 1.165) is 56.0 Å². The normalized spacial score (nSPS) is 27.3. The van der Waals surface area contributed by atoms with Gasteiger partial charge in [0.15, 0.2) is 0 Å². The molecular formula is C25H33N3O3. The Morgan fingerprint density at radius 1 is 1.13 bits per heavy atom. The topological polar surface area (TPSA) is 63.6 Å². The quantitative estimate of drug-likeness (QED) is 0.760. The van der Waals surface area contributed by atoms with Crippen LogP contribution >= 0.6 is 0 Å². The highest BCUT2D eigenvalue weighted by molar-refractivity contribution is 6.03. The summed E-state index contributed by atoms with van der Waals surface area (Å²) in [5.74, 6) is -0.106. The number of benzene rings is 1. The van der Waals surface area contributed by atoms with Gasteiger partial charge in [-0.3, -0.25) is 9.59 Å². The molecule has 166 valence electrons. The first kappa shape index (κ1) is 20.6. The van der Waals surface area contributed by atoms with E-state index in [0.29, 0.717) is 18.8 Å². The second-order valence-corrected chi connectivity index (χ2v) is 9.66. The van der Waals surface area contributed by atoms with E-state index in [1.807, 2.05) is 41.8 Å². The van der Waals surface area contributed by atoms with Gasteiger partial charge in [0.25, 0.3) is 5.91 Å². The Balaban J connectivity index is 1.49. The second-order valence-electron chi connectivity index (χ2n) is 9.66. The fourth-order valence-electron chi connectivity index (χ4n) is 5.55. The SMILES string of the molecule is CC1(C(=O)NC2CCCCCC2)Cn2c(cc3ccccc32)C(=O)N1CC1CCCO1. The molecule has 3 heterocycles. The summed E-state index contributed by atoms with van der Waals surface area (Å²) in [5, 5.41) is 4.37. The van der Waals surface area contributed by atoms with E-state index in [4.69, 9.17) is 4.74 Å². The minimum atomic E-state index is -0.940. The summed E-state index contributed by atoms with van der Waals surface area (Å²) in [6.07, 6.45) is 8.81. The Morgan fingerprint density at radius 3 is 2.65 bits per heavy atom. The molecule has 2 atom stereocenters. The fraction of sp³-hybridized carbons (Fsp3) is 0.600. The minimum Gasteiger partial charge on any atom is -0.376 e. The van der Waals surface area contributed by atoms with E-state index in [2.05, 4.69) is 5.32 Å². The first-order valence-electron chi connectivity index (χ1n) is 11.9. The summed E-state index contributed by atoms with van der Waals surface area (Å²) >= 11 is 0. The largest absolute Gasteiger partial charge is 0.376 e. The Bertz CT molecular complexity index is 970. The van der Waals surface area contributed by atoms with Gasteiger partial charge in [0.05, 0.1) is 12.6 Å².